The summed E-state index contributed by atoms with van der Waals surface area (Å²) >= 11 is 4.19. The van der Waals surface area contributed by atoms with E-state index in [-0.39, 0.29) is 0 Å². The summed E-state index contributed by atoms with van der Waals surface area (Å²) in [5.74, 6) is 0.599. The van der Waals surface area contributed by atoms with Gasteiger partial charge < -0.3 is 4.74 Å². The van der Waals surface area contributed by atoms with E-state index >= 15 is 0 Å². The van der Waals surface area contributed by atoms with Gasteiger partial charge in [-0.1, -0.05) is 6.58 Å². The summed E-state index contributed by atoms with van der Waals surface area (Å²) in [6.07, 6.45) is 2.20. The number of hydrogen-bond donors (Lipinski definition) is 1. The van der Waals surface area contributed by atoms with E-state index in [0.717, 1.165) is 31.0 Å². The molecule has 0 N–H and O–H groups in total. The molecule has 52 valence electrons. The first-order chi connectivity index (χ1) is 4.30. The lowest BCUT2D eigenvalue weighted by Crippen LogP contribution is -2.15. The first-order valence-corrected chi connectivity index (χ1v) is 3.71. The fourth-order valence-electron chi connectivity index (χ4n) is 1.03. The minimum Gasteiger partial charge on any atom is -0.381 e. The Hall–Kier alpha value is 0.0500. The zero-order chi connectivity index (χ0) is 6.69. The number of thiol groups is 1. The van der Waals surface area contributed by atoms with E-state index in [4.69, 9.17) is 4.74 Å². The van der Waals surface area contributed by atoms with Gasteiger partial charge in [-0.25, -0.2) is 0 Å². The van der Waals surface area contributed by atoms with Gasteiger partial charge in [-0.05, 0) is 23.7 Å². The molecule has 1 aliphatic heterocycles. The Morgan fingerprint density at radius 2 is 2.00 bits per heavy atom. The van der Waals surface area contributed by atoms with Gasteiger partial charge in [0, 0.05) is 13.2 Å². The van der Waals surface area contributed by atoms with Crippen molar-refractivity contribution in [2.45, 2.75) is 12.8 Å². The number of hydrogen-bond acceptors (Lipinski definition) is 2. The van der Waals surface area contributed by atoms with E-state index in [2.05, 4.69) is 19.2 Å². The van der Waals surface area contributed by atoms with Crippen molar-refractivity contribution >= 4 is 12.6 Å². The van der Waals surface area contributed by atoms with Crippen LogP contribution in [0.15, 0.2) is 11.5 Å². The Labute approximate surface area is 61.5 Å². The number of rotatable bonds is 1. The normalized spacial score (nSPS) is 21.9. The van der Waals surface area contributed by atoms with Crippen LogP contribution in [-0.4, -0.2) is 13.2 Å². The Balaban J connectivity index is 2.31. The Morgan fingerprint density at radius 3 is 2.33 bits per heavy atom. The van der Waals surface area contributed by atoms with Crippen molar-refractivity contribution in [1.82, 2.24) is 0 Å². The summed E-state index contributed by atoms with van der Waals surface area (Å²) in [7, 11) is 0. The van der Waals surface area contributed by atoms with Crippen molar-refractivity contribution in [3.05, 3.63) is 11.5 Å². The summed E-state index contributed by atoms with van der Waals surface area (Å²) in [4.78, 5) is 1.01. The molecule has 1 aliphatic rings. The van der Waals surface area contributed by atoms with E-state index in [1.165, 1.54) is 0 Å². The van der Waals surface area contributed by atoms with Crippen molar-refractivity contribution in [1.29, 1.82) is 0 Å². The van der Waals surface area contributed by atoms with Gasteiger partial charge in [-0.2, -0.15) is 0 Å². The summed E-state index contributed by atoms with van der Waals surface area (Å²) in [5, 5.41) is 0. The first kappa shape index (κ1) is 7.16. The molecule has 0 aliphatic carbocycles. The predicted molar refractivity (Wildman–Crippen MR) is 41.7 cm³/mol. The molecule has 0 aromatic carbocycles. The van der Waals surface area contributed by atoms with Gasteiger partial charge in [0.05, 0.1) is 0 Å². The van der Waals surface area contributed by atoms with Gasteiger partial charge in [0.15, 0.2) is 0 Å². The van der Waals surface area contributed by atoms with Crippen LogP contribution in [-0.2, 0) is 4.74 Å². The maximum absolute atomic E-state index is 5.17. The molecule has 0 spiro atoms. The van der Waals surface area contributed by atoms with E-state index < -0.39 is 0 Å². The van der Waals surface area contributed by atoms with Crippen molar-refractivity contribution in [2.75, 3.05) is 13.2 Å². The second kappa shape index (κ2) is 3.28. The summed E-state index contributed by atoms with van der Waals surface area (Å²) in [6.45, 7) is 5.55. The summed E-state index contributed by atoms with van der Waals surface area (Å²) in [5.41, 5.74) is 0. The van der Waals surface area contributed by atoms with Gasteiger partial charge >= 0.3 is 0 Å². The van der Waals surface area contributed by atoms with E-state index in [9.17, 15) is 0 Å². The van der Waals surface area contributed by atoms with Gasteiger partial charge in [0.25, 0.3) is 0 Å². The molecule has 1 rings (SSSR count). The van der Waals surface area contributed by atoms with E-state index in [0.29, 0.717) is 5.92 Å². The highest BCUT2D eigenvalue weighted by Gasteiger charge is 2.13. The molecule has 0 bridgehead atoms. The second-order valence-corrected chi connectivity index (χ2v) is 2.95. The van der Waals surface area contributed by atoms with E-state index in [1.807, 2.05) is 0 Å². The highest BCUT2D eigenvalue weighted by molar-refractivity contribution is 7.84. The third-order valence-corrected chi connectivity index (χ3v) is 2.06. The highest BCUT2D eigenvalue weighted by Crippen LogP contribution is 2.23. The van der Waals surface area contributed by atoms with Crippen molar-refractivity contribution < 1.29 is 4.74 Å². The lowest BCUT2D eigenvalue weighted by Gasteiger charge is -2.20. The highest BCUT2D eigenvalue weighted by atomic mass is 32.1. The molecule has 9 heavy (non-hydrogen) atoms. The second-order valence-electron chi connectivity index (χ2n) is 2.38. The van der Waals surface area contributed by atoms with Crippen LogP contribution in [0, 0.1) is 5.92 Å². The molecule has 0 aromatic heterocycles. The van der Waals surface area contributed by atoms with Crippen LogP contribution in [0.4, 0.5) is 0 Å². The lowest BCUT2D eigenvalue weighted by molar-refractivity contribution is 0.0778. The van der Waals surface area contributed by atoms with Gasteiger partial charge in [0.1, 0.15) is 0 Å². The third-order valence-electron chi connectivity index (χ3n) is 1.69. The maximum atomic E-state index is 5.17. The van der Waals surface area contributed by atoms with Crippen LogP contribution in [0.3, 0.4) is 0 Å². The monoisotopic (exact) mass is 144 g/mol. The average Bonchev–Trinajstić information content (AvgIpc) is 1.90. The molecule has 0 unspecified atom stereocenters. The average molecular weight is 144 g/mol. The molecule has 0 aromatic rings. The Kier molecular flexibility index (Phi) is 2.61. The zero-order valence-electron chi connectivity index (χ0n) is 5.47. The quantitative estimate of drug-likeness (QED) is 0.553. The summed E-state index contributed by atoms with van der Waals surface area (Å²) in [6, 6.07) is 0. The lowest BCUT2D eigenvalue weighted by atomic mass is 10.0. The van der Waals surface area contributed by atoms with Crippen molar-refractivity contribution in [2.24, 2.45) is 5.92 Å². The zero-order valence-corrected chi connectivity index (χ0v) is 6.36. The van der Waals surface area contributed by atoms with Crippen LogP contribution < -0.4 is 0 Å². The first-order valence-electron chi connectivity index (χ1n) is 3.26. The largest absolute Gasteiger partial charge is 0.381 e. The van der Waals surface area contributed by atoms with Gasteiger partial charge in [0.2, 0.25) is 0 Å². The Morgan fingerprint density at radius 1 is 1.44 bits per heavy atom. The Bertz CT molecular complexity index is 105. The smallest absolute Gasteiger partial charge is 0.0472 e. The van der Waals surface area contributed by atoms with Crippen molar-refractivity contribution in [3.63, 3.8) is 0 Å². The summed E-state index contributed by atoms with van der Waals surface area (Å²) < 4.78 is 5.17. The standard InChI is InChI=1S/C7H12OS/c1-6(9)7-2-4-8-5-3-7/h7,9H,1-5H2. The minimum absolute atomic E-state index is 0.599. The molecule has 0 radical (unpaired) electrons. The van der Waals surface area contributed by atoms with Crippen LogP contribution in [0.5, 0.6) is 0 Å². The van der Waals surface area contributed by atoms with E-state index in [1.54, 1.807) is 0 Å². The molecule has 0 atom stereocenters. The molecule has 1 heterocycles. The molecule has 1 nitrogen and oxygen atoms in total. The molecule has 2 heteroatoms. The molecule has 0 saturated carbocycles. The molecule has 1 fully saturated rings. The minimum atomic E-state index is 0.599. The molecule has 0 amide bonds. The van der Waals surface area contributed by atoms with Crippen molar-refractivity contribution in [3.8, 4) is 0 Å². The van der Waals surface area contributed by atoms with Crippen LogP contribution in [0.25, 0.3) is 0 Å². The maximum Gasteiger partial charge on any atom is 0.0472 e. The number of allylic oxidation sites excluding steroid dienone is 1. The van der Waals surface area contributed by atoms with Crippen LogP contribution in [0.2, 0.25) is 0 Å². The molecule has 1 saturated heterocycles. The van der Waals surface area contributed by atoms with Crippen LogP contribution >= 0.6 is 12.6 Å². The number of ether oxygens (including phenoxy) is 1. The fourth-order valence-corrected chi connectivity index (χ4v) is 1.29. The third kappa shape index (κ3) is 2.03. The van der Waals surface area contributed by atoms with Gasteiger partial charge in [-0.3, -0.25) is 0 Å². The topological polar surface area (TPSA) is 9.23 Å². The molecular weight excluding hydrogens is 132 g/mol. The van der Waals surface area contributed by atoms with Gasteiger partial charge in [-0.15, -0.1) is 12.6 Å². The predicted octanol–water partition coefficient (Wildman–Crippen LogP) is 1.86. The SMILES string of the molecule is C=C(S)C1CCOCC1. The molecular formula is C7H12OS. The fraction of sp³-hybridized carbons (Fsp3) is 0.714. The van der Waals surface area contributed by atoms with Crippen LogP contribution in [0.1, 0.15) is 12.8 Å².